The minimum absolute atomic E-state index is 0.298. The standard InChI is InChI=1S/C19H21ClN4/c1-23-13-22-17-10-14(6-7-18(17)23)12-24-9-8-21-11-19(24)15-4-2-3-5-16(15)20/h2-7,10,13,19,21H,8-9,11-12H2,1H3. The van der Waals surface area contributed by atoms with Crippen molar-refractivity contribution in [2.45, 2.75) is 12.6 Å². The predicted octanol–water partition coefficient (Wildman–Crippen LogP) is 3.37. The molecule has 1 saturated heterocycles. The molecular weight excluding hydrogens is 320 g/mol. The molecule has 124 valence electrons. The maximum absolute atomic E-state index is 6.44. The predicted molar refractivity (Wildman–Crippen MR) is 98.2 cm³/mol. The second-order valence-corrected chi connectivity index (χ2v) is 6.80. The van der Waals surface area contributed by atoms with Gasteiger partial charge in [0.15, 0.2) is 0 Å². The Morgan fingerprint density at radius 2 is 2.12 bits per heavy atom. The third-order valence-electron chi connectivity index (χ3n) is 4.79. The summed E-state index contributed by atoms with van der Waals surface area (Å²) in [6.45, 7) is 3.85. The summed E-state index contributed by atoms with van der Waals surface area (Å²) in [5, 5.41) is 4.34. The molecule has 1 fully saturated rings. The highest BCUT2D eigenvalue weighted by molar-refractivity contribution is 6.31. The van der Waals surface area contributed by atoms with Gasteiger partial charge in [-0.05, 0) is 29.3 Å². The van der Waals surface area contributed by atoms with Crippen LogP contribution >= 0.6 is 11.6 Å². The van der Waals surface area contributed by atoms with E-state index in [1.165, 1.54) is 16.6 Å². The van der Waals surface area contributed by atoms with Crippen LogP contribution in [0.5, 0.6) is 0 Å². The average molecular weight is 341 g/mol. The highest BCUT2D eigenvalue weighted by atomic mass is 35.5. The highest BCUT2D eigenvalue weighted by Gasteiger charge is 2.25. The summed E-state index contributed by atoms with van der Waals surface area (Å²) in [7, 11) is 2.03. The van der Waals surface area contributed by atoms with Gasteiger partial charge in [0.05, 0.1) is 17.4 Å². The van der Waals surface area contributed by atoms with Crippen LogP contribution in [0.2, 0.25) is 5.02 Å². The van der Waals surface area contributed by atoms with E-state index in [-0.39, 0.29) is 0 Å². The number of halogens is 1. The van der Waals surface area contributed by atoms with Crippen molar-refractivity contribution in [3.63, 3.8) is 0 Å². The molecule has 5 heteroatoms. The summed E-state index contributed by atoms with van der Waals surface area (Å²) < 4.78 is 2.05. The first-order valence-corrected chi connectivity index (χ1v) is 8.69. The Kier molecular flexibility index (Phi) is 4.27. The smallest absolute Gasteiger partial charge is 0.0955 e. The van der Waals surface area contributed by atoms with Gasteiger partial charge < -0.3 is 9.88 Å². The lowest BCUT2D eigenvalue weighted by Gasteiger charge is -2.37. The fourth-order valence-electron chi connectivity index (χ4n) is 3.50. The van der Waals surface area contributed by atoms with Gasteiger partial charge in [-0.3, -0.25) is 4.90 Å². The van der Waals surface area contributed by atoms with Crippen molar-refractivity contribution in [2.75, 3.05) is 19.6 Å². The zero-order valence-electron chi connectivity index (χ0n) is 13.7. The lowest BCUT2D eigenvalue weighted by atomic mass is 10.0. The van der Waals surface area contributed by atoms with Crippen LogP contribution in [0.4, 0.5) is 0 Å². The number of nitrogens with zero attached hydrogens (tertiary/aromatic N) is 3. The minimum atomic E-state index is 0.298. The summed E-state index contributed by atoms with van der Waals surface area (Å²) in [6.07, 6.45) is 1.87. The fraction of sp³-hybridized carbons (Fsp3) is 0.316. The number of aryl methyl sites for hydroxylation is 1. The van der Waals surface area contributed by atoms with Crippen LogP contribution in [0.25, 0.3) is 11.0 Å². The molecule has 0 radical (unpaired) electrons. The zero-order chi connectivity index (χ0) is 16.5. The van der Waals surface area contributed by atoms with E-state index in [4.69, 9.17) is 11.6 Å². The number of fused-ring (bicyclic) bond motifs is 1. The molecule has 0 bridgehead atoms. The van der Waals surface area contributed by atoms with Crippen molar-refractivity contribution >= 4 is 22.6 Å². The van der Waals surface area contributed by atoms with Crippen molar-refractivity contribution in [2.24, 2.45) is 7.05 Å². The maximum Gasteiger partial charge on any atom is 0.0955 e. The number of aromatic nitrogens is 2. The minimum Gasteiger partial charge on any atom is -0.334 e. The number of hydrogen-bond donors (Lipinski definition) is 1. The molecule has 0 spiro atoms. The van der Waals surface area contributed by atoms with Gasteiger partial charge >= 0.3 is 0 Å². The van der Waals surface area contributed by atoms with Gasteiger partial charge in [-0.1, -0.05) is 35.9 Å². The molecule has 1 N–H and O–H groups in total. The Labute approximate surface area is 147 Å². The summed E-state index contributed by atoms with van der Waals surface area (Å²) >= 11 is 6.44. The molecule has 0 aliphatic carbocycles. The van der Waals surface area contributed by atoms with Crippen molar-refractivity contribution in [3.05, 3.63) is 64.9 Å². The Balaban J connectivity index is 1.61. The molecule has 1 aromatic heterocycles. The van der Waals surface area contributed by atoms with Gasteiger partial charge in [-0.15, -0.1) is 0 Å². The largest absolute Gasteiger partial charge is 0.334 e. The van der Waals surface area contributed by atoms with Gasteiger partial charge in [-0.25, -0.2) is 4.98 Å². The van der Waals surface area contributed by atoms with E-state index in [1.807, 2.05) is 25.5 Å². The zero-order valence-corrected chi connectivity index (χ0v) is 14.5. The van der Waals surface area contributed by atoms with E-state index in [0.29, 0.717) is 6.04 Å². The number of benzene rings is 2. The molecule has 0 amide bonds. The topological polar surface area (TPSA) is 33.1 Å². The van der Waals surface area contributed by atoms with Crippen molar-refractivity contribution in [3.8, 4) is 0 Å². The van der Waals surface area contributed by atoms with Crippen molar-refractivity contribution < 1.29 is 0 Å². The molecule has 2 aromatic carbocycles. The number of hydrogen-bond acceptors (Lipinski definition) is 3. The molecule has 3 aromatic rings. The maximum atomic E-state index is 6.44. The first-order chi connectivity index (χ1) is 11.7. The second-order valence-electron chi connectivity index (χ2n) is 6.39. The monoisotopic (exact) mass is 340 g/mol. The van der Waals surface area contributed by atoms with Crippen molar-refractivity contribution in [1.82, 2.24) is 19.8 Å². The second kappa shape index (κ2) is 6.55. The average Bonchev–Trinajstić information content (AvgIpc) is 2.97. The van der Waals surface area contributed by atoms with E-state index in [2.05, 4.69) is 50.1 Å². The van der Waals surface area contributed by atoms with Gasteiger partial charge in [0.1, 0.15) is 0 Å². The number of nitrogens with one attached hydrogen (secondary N) is 1. The molecule has 1 atom stereocenters. The SMILES string of the molecule is Cn1cnc2cc(CN3CCNCC3c3ccccc3Cl)ccc21. The molecular formula is C19H21ClN4. The van der Waals surface area contributed by atoms with E-state index in [9.17, 15) is 0 Å². The van der Waals surface area contributed by atoms with Gasteiger partial charge in [0.2, 0.25) is 0 Å². The molecule has 1 unspecified atom stereocenters. The quantitative estimate of drug-likeness (QED) is 0.793. The molecule has 0 saturated carbocycles. The van der Waals surface area contributed by atoms with Crippen LogP contribution in [0, 0.1) is 0 Å². The number of rotatable bonds is 3. The summed E-state index contributed by atoms with van der Waals surface area (Å²) in [5.74, 6) is 0. The lowest BCUT2D eigenvalue weighted by molar-refractivity contribution is 0.154. The van der Waals surface area contributed by atoms with Crippen molar-refractivity contribution in [1.29, 1.82) is 0 Å². The van der Waals surface area contributed by atoms with Gasteiger partial charge in [-0.2, -0.15) is 0 Å². The summed E-state index contributed by atoms with van der Waals surface area (Å²) in [5.41, 5.74) is 4.71. The molecule has 2 heterocycles. The van der Waals surface area contributed by atoms with E-state index >= 15 is 0 Å². The highest BCUT2D eigenvalue weighted by Crippen LogP contribution is 2.29. The third-order valence-corrected chi connectivity index (χ3v) is 5.14. The van der Waals surface area contributed by atoms with Crippen LogP contribution in [0.15, 0.2) is 48.8 Å². The van der Waals surface area contributed by atoms with Crippen LogP contribution < -0.4 is 5.32 Å². The summed E-state index contributed by atoms with van der Waals surface area (Å²) in [4.78, 5) is 6.98. The molecule has 4 nitrogen and oxygen atoms in total. The first kappa shape index (κ1) is 15.6. The Bertz CT molecular complexity index is 857. The third kappa shape index (κ3) is 2.93. The van der Waals surface area contributed by atoms with E-state index in [0.717, 1.165) is 36.7 Å². The lowest BCUT2D eigenvalue weighted by Crippen LogP contribution is -2.45. The van der Waals surface area contributed by atoms with Gasteiger partial charge in [0, 0.05) is 44.3 Å². The first-order valence-electron chi connectivity index (χ1n) is 8.31. The number of imidazole rings is 1. The van der Waals surface area contributed by atoms with Gasteiger partial charge in [0.25, 0.3) is 0 Å². The number of piperazine rings is 1. The van der Waals surface area contributed by atoms with E-state index < -0.39 is 0 Å². The van der Waals surface area contributed by atoms with E-state index in [1.54, 1.807) is 0 Å². The molecule has 24 heavy (non-hydrogen) atoms. The fourth-order valence-corrected chi connectivity index (χ4v) is 3.76. The van der Waals surface area contributed by atoms with Crippen LogP contribution in [-0.4, -0.2) is 34.1 Å². The Morgan fingerprint density at radius 3 is 3.00 bits per heavy atom. The molecule has 1 aliphatic rings. The Morgan fingerprint density at radius 1 is 1.25 bits per heavy atom. The van der Waals surface area contributed by atoms with Crippen LogP contribution in [0.1, 0.15) is 17.2 Å². The molecule has 4 rings (SSSR count). The summed E-state index contributed by atoms with van der Waals surface area (Å²) in [6, 6.07) is 15.0. The van der Waals surface area contributed by atoms with Crippen LogP contribution in [0.3, 0.4) is 0 Å². The normalized spacial score (nSPS) is 19.0. The molecule has 1 aliphatic heterocycles. The Hall–Kier alpha value is -1.88. The van der Waals surface area contributed by atoms with Crippen LogP contribution in [-0.2, 0) is 13.6 Å².